The molecule has 0 radical (unpaired) electrons. The van der Waals surface area contributed by atoms with E-state index in [1.807, 2.05) is 30.2 Å². The molecule has 0 aliphatic carbocycles. The van der Waals surface area contributed by atoms with Gasteiger partial charge in [-0.25, -0.2) is 21.8 Å². The molecule has 0 unspecified atom stereocenters. The standard InChI is InChI=1S/C52H50N10O8S3/c1-34-55-32-48(71-34)60-25-27-62(28-26-60)51(63)36-12-15-39(16-13-36)57-72(65,66)47-11-5-9-41-40(18-20-54-50(41)47)38-30-45(70-3)43(56-31-38)33-59-21-23-61(24-22-59)52(64)37-14-17-42(44(29-37)69-2)58-73(67,68)46-10-4-7-35-8-6-19-53-49(35)46/h4-20,29-32,57-58H,21-28,33H2,1-3H3. The predicted octanol–water partition coefficient (Wildman–Crippen LogP) is 7.15. The number of hydrogen-bond acceptors (Lipinski definition) is 15. The van der Waals surface area contributed by atoms with E-state index in [-0.39, 0.29) is 38.6 Å². The lowest BCUT2D eigenvalue weighted by molar-refractivity contribution is 0.0625. The summed E-state index contributed by atoms with van der Waals surface area (Å²) in [5, 5.41) is 3.38. The Morgan fingerprint density at radius 1 is 0.630 bits per heavy atom. The molecule has 18 nitrogen and oxygen atoms in total. The van der Waals surface area contributed by atoms with Gasteiger partial charge in [0.2, 0.25) is 0 Å². The first kappa shape index (κ1) is 48.9. The number of aryl methyl sites for hydroxylation is 1. The van der Waals surface area contributed by atoms with E-state index >= 15 is 0 Å². The van der Waals surface area contributed by atoms with Gasteiger partial charge in [-0.2, -0.15) is 0 Å². The van der Waals surface area contributed by atoms with Gasteiger partial charge < -0.3 is 24.2 Å². The molecule has 0 spiro atoms. The van der Waals surface area contributed by atoms with Crippen molar-refractivity contribution in [2.75, 3.05) is 80.9 Å². The minimum atomic E-state index is -4.13. The number of nitrogens with zero attached hydrogens (tertiary/aromatic N) is 8. The molecule has 2 aliphatic rings. The van der Waals surface area contributed by atoms with Crippen molar-refractivity contribution in [3.63, 3.8) is 0 Å². The number of sulfonamides is 2. The summed E-state index contributed by atoms with van der Waals surface area (Å²) in [6, 6.07) is 28.2. The van der Waals surface area contributed by atoms with Crippen LogP contribution in [0.15, 0.2) is 138 Å². The number of hydrogen-bond donors (Lipinski definition) is 2. The zero-order chi connectivity index (χ0) is 50.9. The number of ether oxygens (including phenoxy) is 2. The molecule has 2 aliphatic heterocycles. The summed E-state index contributed by atoms with van der Waals surface area (Å²) < 4.78 is 71.6. The van der Waals surface area contributed by atoms with E-state index in [1.54, 1.807) is 102 Å². The third kappa shape index (κ3) is 10.2. The molecule has 8 aromatic rings. The fourth-order valence-electron chi connectivity index (χ4n) is 9.14. The number of carbonyl (C=O) groups is 2. The number of fused-ring (bicyclic) bond motifs is 2. The third-order valence-electron chi connectivity index (χ3n) is 13.0. The van der Waals surface area contributed by atoms with Crippen LogP contribution in [-0.2, 0) is 26.6 Å². The molecular formula is C52H50N10O8S3. The maximum absolute atomic E-state index is 14.0. The van der Waals surface area contributed by atoms with Gasteiger partial charge in [0.05, 0.1) is 47.8 Å². The van der Waals surface area contributed by atoms with Crippen molar-refractivity contribution in [1.29, 1.82) is 0 Å². The molecule has 0 saturated carbocycles. The Kier molecular flexibility index (Phi) is 13.7. The number of nitrogens with one attached hydrogen (secondary N) is 2. The number of methoxy groups -OCH3 is 2. The van der Waals surface area contributed by atoms with Gasteiger partial charge in [0.1, 0.15) is 26.3 Å². The van der Waals surface area contributed by atoms with E-state index in [0.717, 1.165) is 10.0 Å². The minimum absolute atomic E-state index is 0.00972. The van der Waals surface area contributed by atoms with E-state index in [2.05, 4.69) is 34.2 Å². The van der Waals surface area contributed by atoms with Crippen LogP contribution < -0.4 is 23.8 Å². The molecule has 374 valence electrons. The molecule has 0 atom stereocenters. The van der Waals surface area contributed by atoms with Crippen LogP contribution in [0.4, 0.5) is 16.4 Å². The fourth-order valence-corrected chi connectivity index (χ4v) is 12.4. The Morgan fingerprint density at radius 3 is 1.99 bits per heavy atom. The second-order valence-electron chi connectivity index (χ2n) is 17.5. The molecule has 10 rings (SSSR count). The number of rotatable bonds is 14. The smallest absolute Gasteiger partial charge is 0.264 e. The van der Waals surface area contributed by atoms with Crippen LogP contribution in [0.25, 0.3) is 32.9 Å². The number of anilines is 3. The molecule has 2 N–H and O–H groups in total. The molecule has 4 aromatic carbocycles. The van der Waals surface area contributed by atoms with Gasteiger partial charge in [0.25, 0.3) is 31.9 Å². The van der Waals surface area contributed by atoms with Crippen LogP contribution >= 0.6 is 11.3 Å². The molecular weight excluding hydrogens is 989 g/mol. The van der Waals surface area contributed by atoms with Gasteiger partial charge in [-0.05, 0) is 85.3 Å². The highest BCUT2D eigenvalue weighted by Crippen LogP contribution is 2.35. The van der Waals surface area contributed by atoms with Gasteiger partial charge in [0.15, 0.2) is 0 Å². The number of benzene rings is 4. The summed E-state index contributed by atoms with van der Waals surface area (Å²) in [4.78, 5) is 53.1. The summed E-state index contributed by atoms with van der Waals surface area (Å²) >= 11 is 1.64. The summed E-state index contributed by atoms with van der Waals surface area (Å²) in [6.07, 6.45) is 6.70. The summed E-state index contributed by atoms with van der Waals surface area (Å²) in [5.74, 6) is 0.412. The second kappa shape index (κ2) is 20.4. The second-order valence-corrected chi connectivity index (χ2v) is 22.0. The monoisotopic (exact) mass is 1040 g/mol. The van der Waals surface area contributed by atoms with E-state index < -0.39 is 20.0 Å². The summed E-state index contributed by atoms with van der Waals surface area (Å²) in [6.45, 7) is 6.95. The van der Waals surface area contributed by atoms with Crippen molar-refractivity contribution < 1.29 is 35.9 Å². The first-order valence-corrected chi connectivity index (χ1v) is 27.1. The average Bonchev–Trinajstić information content (AvgIpc) is 3.86. The normalized spacial score (nSPS) is 14.6. The number of aromatic nitrogens is 4. The third-order valence-corrected chi connectivity index (χ3v) is 16.8. The Hall–Kier alpha value is -7.72. The maximum atomic E-state index is 14.0. The van der Waals surface area contributed by atoms with E-state index in [4.69, 9.17) is 14.5 Å². The van der Waals surface area contributed by atoms with Crippen molar-refractivity contribution in [3.05, 3.63) is 150 Å². The molecule has 2 fully saturated rings. The molecule has 4 aromatic heterocycles. The number of pyridine rings is 3. The topological polar surface area (TPSA) is 209 Å². The Labute approximate surface area is 426 Å². The lowest BCUT2D eigenvalue weighted by Crippen LogP contribution is -2.48. The van der Waals surface area contributed by atoms with E-state index in [9.17, 15) is 26.4 Å². The Bertz CT molecular complexity index is 3610. The van der Waals surface area contributed by atoms with Crippen molar-refractivity contribution in [3.8, 4) is 22.6 Å². The highest BCUT2D eigenvalue weighted by molar-refractivity contribution is 7.93. The minimum Gasteiger partial charge on any atom is -0.495 e. The average molecular weight is 1040 g/mol. The molecule has 21 heteroatoms. The summed E-state index contributed by atoms with van der Waals surface area (Å²) in [5.41, 5.74) is 4.03. The van der Waals surface area contributed by atoms with Crippen molar-refractivity contribution in [1.82, 2.24) is 34.6 Å². The van der Waals surface area contributed by atoms with Gasteiger partial charge in [-0.1, -0.05) is 30.3 Å². The quantitative estimate of drug-likeness (QED) is 0.111. The lowest BCUT2D eigenvalue weighted by Gasteiger charge is -2.35. The van der Waals surface area contributed by atoms with Crippen LogP contribution in [0.2, 0.25) is 0 Å². The molecule has 73 heavy (non-hydrogen) atoms. The Morgan fingerprint density at radius 2 is 1.27 bits per heavy atom. The van der Waals surface area contributed by atoms with Crippen LogP contribution in [0.3, 0.4) is 0 Å². The molecule has 2 saturated heterocycles. The van der Waals surface area contributed by atoms with Crippen LogP contribution in [0.1, 0.15) is 31.4 Å². The Balaban J connectivity index is 0.770. The van der Waals surface area contributed by atoms with Gasteiger partial charge in [-0.15, -0.1) is 11.3 Å². The van der Waals surface area contributed by atoms with Crippen molar-refractivity contribution in [2.24, 2.45) is 0 Å². The highest BCUT2D eigenvalue weighted by Gasteiger charge is 2.28. The van der Waals surface area contributed by atoms with Crippen molar-refractivity contribution >= 4 is 81.4 Å². The van der Waals surface area contributed by atoms with Crippen LogP contribution in [0, 0.1) is 6.92 Å². The zero-order valence-electron chi connectivity index (χ0n) is 40.1. The molecule has 0 bridgehead atoms. The first-order chi connectivity index (χ1) is 35.3. The summed E-state index contributed by atoms with van der Waals surface area (Å²) in [7, 11) is -5.20. The maximum Gasteiger partial charge on any atom is 0.264 e. The largest absolute Gasteiger partial charge is 0.495 e. The van der Waals surface area contributed by atoms with E-state index in [0.29, 0.717) is 115 Å². The number of piperazine rings is 2. The number of thiazole rings is 1. The number of para-hydroxylation sites is 2. The van der Waals surface area contributed by atoms with Gasteiger partial charge in [-0.3, -0.25) is 38.9 Å². The highest BCUT2D eigenvalue weighted by atomic mass is 32.2. The lowest BCUT2D eigenvalue weighted by atomic mass is 10.0. The molecule has 6 heterocycles. The number of carbonyl (C=O) groups excluding carboxylic acids is 2. The fraction of sp³-hybridized carbons (Fsp3) is 0.231. The molecule has 2 amide bonds. The predicted molar refractivity (Wildman–Crippen MR) is 280 cm³/mol. The van der Waals surface area contributed by atoms with E-state index in [1.165, 1.54) is 37.6 Å². The van der Waals surface area contributed by atoms with Crippen LogP contribution in [-0.4, -0.2) is 130 Å². The number of amides is 2. The van der Waals surface area contributed by atoms with Crippen LogP contribution in [0.5, 0.6) is 11.5 Å². The van der Waals surface area contributed by atoms with Gasteiger partial charge in [0, 0.05) is 111 Å². The van der Waals surface area contributed by atoms with Crippen molar-refractivity contribution in [2.45, 2.75) is 23.3 Å². The zero-order valence-corrected chi connectivity index (χ0v) is 42.5. The first-order valence-electron chi connectivity index (χ1n) is 23.4. The van der Waals surface area contributed by atoms with Gasteiger partial charge >= 0.3 is 0 Å². The SMILES string of the molecule is COc1cc(C(=O)N2CCN(Cc3ncc(-c4ccnc5c(S(=O)(=O)Nc6ccc(C(=O)N7CCN(c8cnc(C)s8)CC7)cc6)cccc45)cc3OC)CC2)ccc1NS(=O)(=O)c1cccc2cccnc12.